The third-order valence-corrected chi connectivity index (χ3v) is 1.26. The molecule has 0 fully saturated rings. The van der Waals surface area contributed by atoms with Crippen molar-refractivity contribution in [3.05, 3.63) is 34.8 Å². The topological polar surface area (TPSA) is 0 Å². The summed E-state index contributed by atoms with van der Waals surface area (Å²) in [5.41, 5.74) is 0. The maximum atomic E-state index is 9.75. The Hall–Kier alpha value is 0.691. The third kappa shape index (κ3) is 129. The molecule has 0 radical (unpaired) electrons. The van der Waals surface area contributed by atoms with Crippen LogP contribution in [0.15, 0.2) is 34.8 Å². The summed E-state index contributed by atoms with van der Waals surface area (Å²) in [5.74, 6) is 0. The molecule has 134 valence electrons. The van der Waals surface area contributed by atoms with Crippen molar-refractivity contribution in [1.82, 2.24) is 0 Å². The van der Waals surface area contributed by atoms with Crippen LogP contribution in [0.1, 0.15) is 1.43 Å². The number of hydrogen-bond acceptors (Lipinski definition) is 0. The molecule has 1 rings (SSSR count). The van der Waals surface area contributed by atoms with Crippen molar-refractivity contribution in [2.24, 2.45) is 0 Å². The fourth-order valence-corrected chi connectivity index (χ4v) is 0.720. The van der Waals surface area contributed by atoms with E-state index in [2.05, 4.69) is 15.9 Å². The zero-order valence-corrected chi connectivity index (χ0v) is 15.7. The minimum atomic E-state index is -6.00. The van der Waals surface area contributed by atoms with Gasteiger partial charge in [0.15, 0.2) is 0 Å². The average Bonchev–Trinajstić information content (AvgIpc) is 2.09. The van der Waals surface area contributed by atoms with Crippen molar-refractivity contribution in [1.29, 1.82) is 0 Å². The monoisotopic (exact) mass is 457 g/mol. The second-order valence-corrected chi connectivity index (χ2v) is 3.70. The predicted octanol–water partition coefficient (Wildman–Crippen LogP) is 3.47. The Bertz CT molecular complexity index is 325. The van der Waals surface area contributed by atoms with E-state index in [4.69, 9.17) is 0 Å². The second kappa shape index (κ2) is 15.0. The van der Waals surface area contributed by atoms with Gasteiger partial charge in [-0.2, -0.15) is 0 Å². The van der Waals surface area contributed by atoms with Gasteiger partial charge in [0.25, 0.3) is 0 Å². The van der Waals surface area contributed by atoms with Crippen molar-refractivity contribution < 1.29 is 105 Å². The Balaban J connectivity index is -0.0000000661. The normalized spacial score (nSPS) is 10.5. The molecule has 0 nitrogen and oxygen atoms in total. The molecule has 0 saturated carbocycles. The molecule has 1 aromatic carbocycles. The van der Waals surface area contributed by atoms with Crippen LogP contribution < -0.4 is 51.4 Å². The van der Waals surface area contributed by atoms with Crippen molar-refractivity contribution in [2.75, 3.05) is 0 Å². The van der Waals surface area contributed by atoms with Crippen LogP contribution in [0, 0.1) is 0 Å². The maximum Gasteiger partial charge on any atom is 1.00 e. The number of benzene rings is 1. The smallest absolute Gasteiger partial charge is 1.00 e. The molecule has 23 heavy (non-hydrogen) atoms. The minimum Gasteiger partial charge on any atom is -1.00 e. The van der Waals surface area contributed by atoms with Gasteiger partial charge in [0.1, 0.15) is 0 Å². The van der Waals surface area contributed by atoms with Crippen LogP contribution in [0.2, 0.25) is 0 Å². The Morgan fingerprint density at radius 3 is 0.826 bits per heavy atom. The van der Waals surface area contributed by atoms with Crippen LogP contribution in [0.25, 0.3) is 0 Å². The van der Waals surface area contributed by atoms with E-state index in [0.717, 1.165) is 4.47 Å². The van der Waals surface area contributed by atoms with E-state index in [1.54, 1.807) is 0 Å². The fraction of sp³-hybridized carbons (Fsp3) is 0. The Morgan fingerprint density at radius 2 is 0.739 bits per heavy atom. The maximum absolute atomic E-state index is 9.75. The van der Waals surface area contributed by atoms with E-state index in [1.807, 2.05) is 30.3 Å². The van der Waals surface area contributed by atoms with Gasteiger partial charge in [-0.1, -0.05) is 34.1 Å². The van der Waals surface area contributed by atoms with Crippen LogP contribution in [0.3, 0.4) is 0 Å². The van der Waals surface area contributed by atoms with E-state index in [0.29, 0.717) is 0 Å². The van der Waals surface area contributed by atoms with Gasteiger partial charge in [-0.15, -0.1) is 0 Å². The average molecular weight is 458 g/mol. The Labute approximate surface area is 175 Å². The molecule has 17 heteroatoms. The van der Waals surface area contributed by atoms with E-state index in [9.17, 15) is 51.8 Å². The number of hydrogen-bond donors (Lipinski definition) is 0. The van der Waals surface area contributed by atoms with Crippen LogP contribution in [0.4, 0.5) is 51.8 Å². The molecule has 0 aromatic heterocycles. The molecule has 0 amide bonds. The Kier molecular flexibility index (Phi) is 20.5. The van der Waals surface area contributed by atoms with Gasteiger partial charge in [-0.05, 0) is 12.1 Å². The van der Waals surface area contributed by atoms with Crippen molar-refractivity contribution in [2.45, 2.75) is 0 Å². The number of halogens is 13. The summed E-state index contributed by atoms with van der Waals surface area (Å²) < 4.78 is 118. The molecule has 0 N–H and O–H groups in total. The molecule has 1 aromatic rings. The standard InChI is InChI=1S/C6H5Br.3BF4.K.H/c7-6-4-2-1-3-5-6;3*2-1(3,4)5;;/h1-5H;;;;;/q;3*-1;+1;-1. The van der Waals surface area contributed by atoms with Crippen LogP contribution in [-0.4, -0.2) is 21.8 Å². The molecule has 0 aliphatic carbocycles. The molecule has 0 aliphatic rings. The summed E-state index contributed by atoms with van der Waals surface area (Å²) in [6.45, 7) is 0. The summed E-state index contributed by atoms with van der Waals surface area (Å²) in [7, 11) is -18.0. The van der Waals surface area contributed by atoms with Crippen LogP contribution in [0.5, 0.6) is 0 Å². The third-order valence-electron chi connectivity index (χ3n) is 0.733. The van der Waals surface area contributed by atoms with E-state index in [1.165, 1.54) is 0 Å². The van der Waals surface area contributed by atoms with Crippen LogP contribution >= 0.6 is 15.9 Å². The Morgan fingerprint density at radius 1 is 0.565 bits per heavy atom. The van der Waals surface area contributed by atoms with Crippen molar-refractivity contribution >= 4 is 37.7 Å². The molecular weight excluding hydrogens is 451 g/mol. The zero-order chi connectivity index (χ0) is 18.6. The van der Waals surface area contributed by atoms with Gasteiger partial charge in [0.05, 0.1) is 0 Å². The summed E-state index contributed by atoms with van der Waals surface area (Å²) in [4.78, 5) is 0. The first-order chi connectivity index (χ1) is 9.39. The van der Waals surface area contributed by atoms with Crippen molar-refractivity contribution in [3.63, 3.8) is 0 Å². The van der Waals surface area contributed by atoms with Crippen LogP contribution in [-0.2, 0) is 0 Å². The summed E-state index contributed by atoms with van der Waals surface area (Å²) in [6, 6.07) is 9.97. The molecule has 0 atom stereocenters. The quantitative estimate of drug-likeness (QED) is 0.414. The summed E-state index contributed by atoms with van der Waals surface area (Å²) in [5, 5.41) is 0. The molecule has 0 saturated heterocycles. The van der Waals surface area contributed by atoms with Crippen molar-refractivity contribution in [3.8, 4) is 0 Å². The first kappa shape index (κ1) is 31.5. The van der Waals surface area contributed by atoms with Gasteiger partial charge in [-0.3, -0.25) is 0 Å². The van der Waals surface area contributed by atoms with Gasteiger partial charge in [0, 0.05) is 4.47 Å². The largest absolute Gasteiger partial charge is 1.00 e. The first-order valence-corrected chi connectivity index (χ1v) is 5.51. The molecular formula is C6H6B3BrF12K-3. The summed E-state index contributed by atoms with van der Waals surface area (Å²) in [6.07, 6.45) is 0. The predicted molar refractivity (Wildman–Crippen MR) is 65.8 cm³/mol. The second-order valence-electron chi connectivity index (χ2n) is 2.78. The zero-order valence-electron chi connectivity index (χ0n) is 12.0. The minimum absolute atomic E-state index is 0. The van der Waals surface area contributed by atoms with Gasteiger partial charge < -0.3 is 53.2 Å². The van der Waals surface area contributed by atoms with E-state index in [-0.39, 0.29) is 52.8 Å². The molecule has 0 bridgehead atoms. The summed E-state index contributed by atoms with van der Waals surface area (Å²) >= 11 is 3.31. The van der Waals surface area contributed by atoms with Gasteiger partial charge in [0.2, 0.25) is 0 Å². The fourth-order valence-electron chi connectivity index (χ4n) is 0.415. The number of rotatable bonds is 0. The molecule has 0 heterocycles. The van der Waals surface area contributed by atoms with E-state index < -0.39 is 21.8 Å². The molecule has 0 unspecified atom stereocenters. The first-order valence-electron chi connectivity index (χ1n) is 4.72. The SMILES string of the molecule is Brc1ccccc1.F[B-](F)(F)F.F[B-](F)(F)F.F[B-](F)(F)F.[H-].[K+]. The molecule has 0 aliphatic heterocycles. The van der Waals surface area contributed by atoms with Gasteiger partial charge >= 0.3 is 73.1 Å². The van der Waals surface area contributed by atoms with Gasteiger partial charge in [-0.25, -0.2) is 0 Å². The molecule has 0 spiro atoms. The van der Waals surface area contributed by atoms with E-state index >= 15 is 0 Å².